The number of tetrazole rings is 1. The van der Waals surface area contributed by atoms with E-state index >= 15 is 0 Å². The quantitative estimate of drug-likeness (QED) is 0.697. The van der Waals surface area contributed by atoms with E-state index in [4.69, 9.17) is 5.11 Å². The number of nitrogens with one attached hydrogen (secondary N) is 1. The highest BCUT2D eigenvalue weighted by molar-refractivity contribution is 7.99. The third-order valence-electron chi connectivity index (χ3n) is 1.82. The van der Waals surface area contributed by atoms with E-state index in [0.717, 1.165) is 16.4 Å². The summed E-state index contributed by atoms with van der Waals surface area (Å²) in [5.74, 6) is -0.596. The van der Waals surface area contributed by atoms with E-state index in [0.29, 0.717) is 10.9 Å². The molecule has 9 nitrogen and oxygen atoms in total. The molecule has 0 fully saturated rings. The van der Waals surface area contributed by atoms with Crippen LogP contribution in [0.25, 0.3) is 0 Å². The van der Waals surface area contributed by atoms with Gasteiger partial charge < -0.3 is 10.1 Å². The van der Waals surface area contributed by atoms with Crippen molar-refractivity contribution < 1.29 is 9.90 Å². The lowest BCUT2D eigenvalue weighted by Crippen LogP contribution is -2.12. The number of rotatable bonds is 4. The molecule has 0 aliphatic heterocycles. The average Bonchev–Trinajstić information content (AvgIpc) is 2.63. The van der Waals surface area contributed by atoms with Crippen molar-refractivity contribution in [1.29, 1.82) is 0 Å². The van der Waals surface area contributed by atoms with Crippen LogP contribution in [-0.2, 0) is 11.3 Å². The Morgan fingerprint density at radius 2 is 2.39 bits per heavy atom. The summed E-state index contributed by atoms with van der Waals surface area (Å²) >= 11 is 1.02. The lowest BCUT2D eigenvalue weighted by molar-refractivity contribution is -0.138. The molecule has 0 radical (unpaired) electrons. The third kappa shape index (κ3) is 2.91. The maximum Gasteiger partial charge on any atom is 0.325 e. The van der Waals surface area contributed by atoms with Gasteiger partial charge in [0.1, 0.15) is 17.4 Å². The van der Waals surface area contributed by atoms with Crippen molar-refractivity contribution >= 4 is 17.7 Å². The van der Waals surface area contributed by atoms with E-state index in [-0.39, 0.29) is 17.3 Å². The second kappa shape index (κ2) is 4.96. The molecule has 0 aliphatic rings. The molecule has 2 heterocycles. The highest BCUT2D eigenvalue weighted by Crippen LogP contribution is 2.21. The average molecular weight is 268 g/mol. The van der Waals surface area contributed by atoms with E-state index in [1.807, 2.05) is 0 Å². The molecule has 0 aliphatic carbocycles. The minimum absolute atomic E-state index is 0.259. The van der Waals surface area contributed by atoms with Crippen molar-refractivity contribution in [3.8, 4) is 0 Å². The number of nitrogens with zero attached hydrogens (tertiary/aromatic N) is 5. The summed E-state index contributed by atoms with van der Waals surface area (Å²) in [6.07, 6.45) is 0. The monoisotopic (exact) mass is 268 g/mol. The summed E-state index contributed by atoms with van der Waals surface area (Å²) in [6, 6.07) is 1.29. The van der Waals surface area contributed by atoms with Crippen molar-refractivity contribution in [3.05, 3.63) is 22.2 Å². The zero-order valence-corrected chi connectivity index (χ0v) is 10.0. The number of carbonyl (C=O) groups is 1. The van der Waals surface area contributed by atoms with E-state index in [2.05, 4.69) is 25.5 Å². The number of aliphatic carboxylic acids is 1. The number of carboxylic acid groups (broad SMARTS) is 1. The first kappa shape index (κ1) is 12.2. The second-order valence-electron chi connectivity index (χ2n) is 3.28. The van der Waals surface area contributed by atoms with Gasteiger partial charge in [-0.2, -0.15) is 0 Å². The Morgan fingerprint density at radius 1 is 1.61 bits per heavy atom. The van der Waals surface area contributed by atoms with Gasteiger partial charge in [0.2, 0.25) is 5.16 Å². The number of carboxylic acids is 1. The molecule has 0 spiro atoms. The normalized spacial score (nSPS) is 10.5. The van der Waals surface area contributed by atoms with Gasteiger partial charge in [0.25, 0.3) is 5.56 Å². The molecule has 0 atom stereocenters. The highest BCUT2D eigenvalue weighted by atomic mass is 32.2. The van der Waals surface area contributed by atoms with Gasteiger partial charge >= 0.3 is 5.97 Å². The van der Waals surface area contributed by atoms with Gasteiger partial charge in [-0.15, -0.1) is 5.10 Å². The lowest BCUT2D eigenvalue weighted by atomic mass is 10.6. The van der Waals surface area contributed by atoms with Crippen molar-refractivity contribution in [2.24, 2.45) is 0 Å². The van der Waals surface area contributed by atoms with Crippen LogP contribution in [-0.4, -0.2) is 41.3 Å². The van der Waals surface area contributed by atoms with Crippen molar-refractivity contribution in [2.45, 2.75) is 23.7 Å². The summed E-state index contributed by atoms with van der Waals surface area (Å²) in [4.78, 5) is 28.4. The molecule has 2 aromatic heterocycles. The van der Waals surface area contributed by atoms with Crippen LogP contribution in [0.15, 0.2) is 21.0 Å². The van der Waals surface area contributed by atoms with Crippen molar-refractivity contribution in [3.63, 3.8) is 0 Å². The molecule has 2 N–H and O–H groups in total. The largest absolute Gasteiger partial charge is 0.480 e. The molecular weight excluding hydrogens is 260 g/mol. The summed E-state index contributed by atoms with van der Waals surface area (Å²) in [7, 11) is 0. The number of aryl methyl sites for hydroxylation is 1. The first-order chi connectivity index (χ1) is 8.54. The molecule has 2 rings (SSSR count). The topological polar surface area (TPSA) is 127 Å². The summed E-state index contributed by atoms with van der Waals surface area (Å²) in [6.45, 7) is 1.29. The molecule has 0 saturated carbocycles. The number of H-pyrrole nitrogens is 1. The van der Waals surface area contributed by atoms with Gasteiger partial charge in [-0.25, -0.2) is 9.67 Å². The SMILES string of the molecule is Cc1nc(Sc2nnnn2CC(=O)O)cc(=O)[nH]1. The second-order valence-corrected chi connectivity index (χ2v) is 4.27. The van der Waals surface area contributed by atoms with Crippen molar-refractivity contribution in [2.75, 3.05) is 0 Å². The number of hydrogen-bond donors (Lipinski definition) is 2. The van der Waals surface area contributed by atoms with E-state index in [9.17, 15) is 9.59 Å². The van der Waals surface area contributed by atoms with Crippen LogP contribution >= 0.6 is 11.8 Å². The molecule has 10 heteroatoms. The fourth-order valence-corrected chi connectivity index (χ4v) is 2.01. The Hall–Kier alpha value is -2.23. The number of aromatic nitrogens is 6. The van der Waals surface area contributed by atoms with Crippen LogP contribution in [0.3, 0.4) is 0 Å². The Bertz CT molecular complexity index is 636. The maximum atomic E-state index is 11.2. The molecule has 0 aromatic carbocycles. The van der Waals surface area contributed by atoms with Gasteiger partial charge in [0, 0.05) is 6.07 Å². The van der Waals surface area contributed by atoms with Gasteiger partial charge in [0.15, 0.2) is 0 Å². The lowest BCUT2D eigenvalue weighted by Gasteiger charge is -2.01. The van der Waals surface area contributed by atoms with Crippen LogP contribution in [0.4, 0.5) is 0 Å². The Morgan fingerprint density at radius 3 is 3.06 bits per heavy atom. The number of aromatic amines is 1. The van der Waals surface area contributed by atoms with Crippen molar-refractivity contribution in [1.82, 2.24) is 30.2 Å². The maximum absolute atomic E-state index is 11.2. The zero-order valence-electron chi connectivity index (χ0n) is 9.19. The Balaban J connectivity index is 2.26. The van der Waals surface area contributed by atoms with E-state index in [1.54, 1.807) is 6.92 Å². The Labute approximate surface area is 104 Å². The van der Waals surface area contributed by atoms with Crippen LogP contribution in [0.2, 0.25) is 0 Å². The Kier molecular flexibility index (Phi) is 3.37. The predicted molar refractivity (Wildman–Crippen MR) is 59.2 cm³/mol. The first-order valence-corrected chi connectivity index (χ1v) is 5.60. The summed E-state index contributed by atoms with van der Waals surface area (Å²) in [5, 5.41) is 19.9. The standard InChI is InChI=1S/C8H8N6O3S/c1-4-9-5(15)2-6(10-4)18-8-11-12-13-14(8)3-7(16)17/h2H,3H2,1H3,(H,16,17)(H,9,10,15). The van der Waals surface area contributed by atoms with Crippen LogP contribution in [0.5, 0.6) is 0 Å². The molecule has 94 valence electrons. The van der Waals surface area contributed by atoms with Gasteiger partial charge in [0.05, 0.1) is 0 Å². The molecule has 2 aromatic rings. The third-order valence-corrected chi connectivity index (χ3v) is 2.71. The van der Waals surface area contributed by atoms with Gasteiger partial charge in [-0.3, -0.25) is 9.59 Å². The van der Waals surface area contributed by atoms with Gasteiger partial charge in [-0.05, 0) is 29.1 Å². The zero-order chi connectivity index (χ0) is 13.1. The number of hydrogen-bond acceptors (Lipinski definition) is 7. The minimum Gasteiger partial charge on any atom is -0.480 e. The molecule has 18 heavy (non-hydrogen) atoms. The first-order valence-electron chi connectivity index (χ1n) is 4.78. The highest BCUT2D eigenvalue weighted by Gasteiger charge is 2.12. The molecule has 0 unspecified atom stereocenters. The van der Waals surface area contributed by atoms with Crippen LogP contribution in [0, 0.1) is 6.92 Å². The predicted octanol–water partition coefficient (Wildman–Crippen LogP) is -0.699. The molecule has 0 saturated heterocycles. The van der Waals surface area contributed by atoms with Crippen LogP contribution in [0.1, 0.15) is 5.82 Å². The molecule has 0 bridgehead atoms. The van der Waals surface area contributed by atoms with E-state index in [1.165, 1.54) is 6.07 Å². The smallest absolute Gasteiger partial charge is 0.325 e. The summed E-state index contributed by atoms with van der Waals surface area (Å²) < 4.78 is 1.12. The van der Waals surface area contributed by atoms with Crippen LogP contribution < -0.4 is 5.56 Å². The van der Waals surface area contributed by atoms with E-state index < -0.39 is 5.97 Å². The van der Waals surface area contributed by atoms with Gasteiger partial charge in [-0.1, -0.05) is 0 Å². The summed E-state index contributed by atoms with van der Waals surface area (Å²) in [5.41, 5.74) is -0.290. The molecule has 0 amide bonds. The molecular formula is C8H8N6O3S. The fourth-order valence-electron chi connectivity index (χ4n) is 1.19. The minimum atomic E-state index is -1.06. The fraction of sp³-hybridized carbons (Fsp3) is 0.250.